The standard InChI is InChI=1S/C15H22N2O3S/c1-2-8-16-15(18)17-9-7-12-5-6-14-13(11-12)4-3-10-21(14,19)20/h5-6,11H,2-4,7-10H2,1H3,(H2,16,17,18). The first-order valence-electron chi connectivity index (χ1n) is 7.39. The van der Waals surface area contributed by atoms with Gasteiger partial charge in [-0.25, -0.2) is 13.2 Å². The molecule has 0 saturated carbocycles. The summed E-state index contributed by atoms with van der Waals surface area (Å²) < 4.78 is 23.8. The van der Waals surface area contributed by atoms with Crippen LogP contribution in [0, 0.1) is 0 Å². The minimum Gasteiger partial charge on any atom is -0.338 e. The van der Waals surface area contributed by atoms with Gasteiger partial charge in [0.1, 0.15) is 0 Å². The molecular weight excluding hydrogens is 288 g/mol. The molecule has 2 N–H and O–H groups in total. The summed E-state index contributed by atoms with van der Waals surface area (Å²) in [5, 5.41) is 5.54. The maximum absolute atomic E-state index is 11.9. The van der Waals surface area contributed by atoms with E-state index in [0.29, 0.717) is 30.8 Å². The Morgan fingerprint density at radius 3 is 2.76 bits per heavy atom. The average molecular weight is 310 g/mol. The normalized spacial score (nSPS) is 16.0. The van der Waals surface area contributed by atoms with Crippen LogP contribution in [0.1, 0.15) is 30.9 Å². The molecule has 6 heteroatoms. The highest BCUT2D eigenvalue weighted by molar-refractivity contribution is 7.91. The van der Waals surface area contributed by atoms with Crippen molar-refractivity contribution in [3.05, 3.63) is 29.3 Å². The second-order valence-electron chi connectivity index (χ2n) is 5.30. The van der Waals surface area contributed by atoms with Gasteiger partial charge in [0.15, 0.2) is 9.84 Å². The Morgan fingerprint density at radius 1 is 1.24 bits per heavy atom. The van der Waals surface area contributed by atoms with Crippen molar-refractivity contribution in [2.24, 2.45) is 0 Å². The molecule has 1 aromatic carbocycles. The van der Waals surface area contributed by atoms with E-state index in [1.807, 2.05) is 19.1 Å². The number of fused-ring (bicyclic) bond motifs is 1. The zero-order valence-electron chi connectivity index (χ0n) is 12.3. The van der Waals surface area contributed by atoms with Crippen molar-refractivity contribution in [1.82, 2.24) is 10.6 Å². The van der Waals surface area contributed by atoms with Crippen molar-refractivity contribution < 1.29 is 13.2 Å². The molecule has 0 saturated heterocycles. The molecular formula is C15H22N2O3S. The quantitative estimate of drug-likeness (QED) is 0.868. The average Bonchev–Trinajstić information content (AvgIpc) is 2.44. The molecule has 0 aliphatic carbocycles. The van der Waals surface area contributed by atoms with Gasteiger partial charge < -0.3 is 10.6 Å². The van der Waals surface area contributed by atoms with Crippen molar-refractivity contribution in [2.75, 3.05) is 18.8 Å². The fourth-order valence-corrected chi connectivity index (χ4v) is 4.05. The van der Waals surface area contributed by atoms with Gasteiger partial charge in [0.25, 0.3) is 0 Å². The van der Waals surface area contributed by atoms with E-state index in [2.05, 4.69) is 10.6 Å². The van der Waals surface area contributed by atoms with Gasteiger partial charge in [0.05, 0.1) is 10.6 Å². The van der Waals surface area contributed by atoms with Crippen LogP contribution in [0.15, 0.2) is 23.1 Å². The number of sulfone groups is 1. The lowest BCUT2D eigenvalue weighted by Gasteiger charge is -2.17. The monoisotopic (exact) mass is 310 g/mol. The number of hydrogen-bond donors (Lipinski definition) is 2. The van der Waals surface area contributed by atoms with Gasteiger partial charge in [-0.2, -0.15) is 0 Å². The van der Waals surface area contributed by atoms with Gasteiger partial charge >= 0.3 is 6.03 Å². The van der Waals surface area contributed by atoms with E-state index < -0.39 is 9.84 Å². The topological polar surface area (TPSA) is 75.3 Å². The Labute approximate surface area is 126 Å². The van der Waals surface area contributed by atoms with Crippen LogP contribution in [0.25, 0.3) is 0 Å². The third-order valence-electron chi connectivity index (χ3n) is 3.55. The highest BCUT2D eigenvalue weighted by Gasteiger charge is 2.23. The first kappa shape index (κ1) is 15.8. The van der Waals surface area contributed by atoms with Crippen LogP contribution in [-0.2, 0) is 22.7 Å². The number of nitrogens with one attached hydrogen (secondary N) is 2. The predicted octanol–water partition coefficient (Wildman–Crippen LogP) is 1.66. The van der Waals surface area contributed by atoms with Gasteiger partial charge in [-0.05, 0) is 42.9 Å². The maximum atomic E-state index is 11.9. The molecule has 5 nitrogen and oxygen atoms in total. The van der Waals surface area contributed by atoms with Crippen LogP contribution < -0.4 is 10.6 Å². The summed E-state index contributed by atoms with van der Waals surface area (Å²) in [7, 11) is -3.08. The molecule has 1 aliphatic heterocycles. The molecule has 116 valence electrons. The van der Waals surface area contributed by atoms with Crippen molar-refractivity contribution in [1.29, 1.82) is 0 Å². The highest BCUT2D eigenvalue weighted by atomic mass is 32.2. The number of urea groups is 1. The van der Waals surface area contributed by atoms with Crippen LogP contribution in [0.2, 0.25) is 0 Å². The van der Waals surface area contributed by atoms with Crippen molar-refractivity contribution in [3.8, 4) is 0 Å². The summed E-state index contributed by atoms with van der Waals surface area (Å²) >= 11 is 0. The Hall–Kier alpha value is -1.56. The largest absolute Gasteiger partial charge is 0.338 e. The summed E-state index contributed by atoms with van der Waals surface area (Å²) in [6.45, 7) is 3.21. The van der Waals surface area contributed by atoms with Crippen LogP contribution >= 0.6 is 0 Å². The van der Waals surface area contributed by atoms with Crippen LogP contribution in [0.4, 0.5) is 4.79 Å². The zero-order chi connectivity index (χ0) is 15.3. The molecule has 21 heavy (non-hydrogen) atoms. The molecule has 1 heterocycles. The predicted molar refractivity (Wildman–Crippen MR) is 82.2 cm³/mol. The zero-order valence-corrected chi connectivity index (χ0v) is 13.1. The second-order valence-corrected chi connectivity index (χ2v) is 7.37. The number of rotatable bonds is 5. The summed E-state index contributed by atoms with van der Waals surface area (Å²) in [6.07, 6.45) is 3.11. The SMILES string of the molecule is CCCNC(=O)NCCc1ccc2c(c1)CCCS2(=O)=O. The number of aryl methyl sites for hydroxylation is 1. The highest BCUT2D eigenvalue weighted by Crippen LogP contribution is 2.25. The lowest BCUT2D eigenvalue weighted by molar-refractivity contribution is 0.241. The first-order valence-corrected chi connectivity index (χ1v) is 9.04. The molecule has 1 aromatic rings. The van der Waals surface area contributed by atoms with Crippen LogP contribution in [-0.4, -0.2) is 33.3 Å². The molecule has 0 radical (unpaired) electrons. The van der Waals surface area contributed by atoms with E-state index in [9.17, 15) is 13.2 Å². The molecule has 0 atom stereocenters. The third kappa shape index (κ3) is 4.20. The maximum Gasteiger partial charge on any atom is 0.314 e. The van der Waals surface area contributed by atoms with Gasteiger partial charge in [-0.1, -0.05) is 19.1 Å². The van der Waals surface area contributed by atoms with Crippen molar-refractivity contribution in [3.63, 3.8) is 0 Å². The molecule has 1 aliphatic rings. The van der Waals surface area contributed by atoms with Crippen molar-refractivity contribution in [2.45, 2.75) is 37.5 Å². The van der Waals surface area contributed by atoms with Gasteiger partial charge in [-0.15, -0.1) is 0 Å². The Bertz CT molecular complexity index is 611. The molecule has 0 spiro atoms. The number of carbonyl (C=O) groups excluding carboxylic acids is 1. The summed E-state index contributed by atoms with van der Waals surface area (Å²) in [5.74, 6) is 0.249. The summed E-state index contributed by atoms with van der Waals surface area (Å²) in [4.78, 5) is 11.9. The van der Waals surface area contributed by atoms with E-state index in [4.69, 9.17) is 0 Å². The summed E-state index contributed by atoms with van der Waals surface area (Å²) in [6, 6.07) is 5.35. The number of benzene rings is 1. The third-order valence-corrected chi connectivity index (χ3v) is 5.45. The van der Waals surface area contributed by atoms with Gasteiger partial charge in [-0.3, -0.25) is 0 Å². The molecule has 2 amide bonds. The first-order chi connectivity index (χ1) is 10.0. The number of hydrogen-bond acceptors (Lipinski definition) is 3. The molecule has 0 fully saturated rings. The van der Waals surface area contributed by atoms with Gasteiger partial charge in [0, 0.05) is 13.1 Å². The Kier molecular flexibility index (Phi) is 5.22. The fraction of sp³-hybridized carbons (Fsp3) is 0.533. The number of amides is 2. The van der Waals surface area contributed by atoms with Crippen LogP contribution in [0.5, 0.6) is 0 Å². The molecule has 0 unspecified atom stereocenters. The van der Waals surface area contributed by atoms with Gasteiger partial charge in [0.2, 0.25) is 0 Å². The number of carbonyl (C=O) groups is 1. The molecule has 0 aromatic heterocycles. The fourth-order valence-electron chi connectivity index (χ4n) is 2.47. The summed E-state index contributed by atoms with van der Waals surface area (Å²) in [5.41, 5.74) is 1.97. The Morgan fingerprint density at radius 2 is 2.00 bits per heavy atom. The lowest BCUT2D eigenvalue weighted by atomic mass is 10.0. The molecule has 0 bridgehead atoms. The van der Waals surface area contributed by atoms with Crippen molar-refractivity contribution >= 4 is 15.9 Å². The second kappa shape index (κ2) is 6.93. The van der Waals surface area contributed by atoms with Crippen LogP contribution in [0.3, 0.4) is 0 Å². The lowest BCUT2D eigenvalue weighted by Crippen LogP contribution is -2.36. The minimum atomic E-state index is -3.08. The van der Waals surface area contributed by atoms with E-state index >= 15 is 0 Å². The van der Waals surface area contributed by atoms with E-state index in [1.54, 1.807) is 6.07 Å². The molecule has 2 rings (SSSR count). The van der Waals surface area contributed by atoms with E-state index in [-0.39, 0.29) is 11.8 Å². The Balaban J connectivity index is 1.92. The van der Waals surface area contributed by atoms with E-state index in [1.165, 1.54) is 0 Å². The minimum absolute atomic E-state index is 0.155. The smallest absolute Gasteiger partial charge is 0.314 e. The van der Waals surface area contributed by atoms with E-state index in [0.717, 1.165) is 24.0 Å².